The van der Waals surface area contributed by atoms with Gasteiger partial charge >= 0.3 is 0 Å². The first-order chi connectivity index (χ1) is 14.5. The van der Waals surface area contributed by atoms with Crippen molar-refractivity contribution in [3.63, 3.8) is 0 Å². The van der Waals surface area contributed by atoms with Crippen molar-refractivity contribution in [1.29, 1.82) is 0 Å². The number of aliphatic hydroxyl groups excluding tert-OH is 4. The van der Waals surface area contributed by atoms with E-state index < -0.39 is 37.3 Å². The Hall–Kier alpha value is -0.240. The van der Waals surface area contributed by atoms with Crippen LogP contribution in [-0.4, -0.2) is 64.3 Å². The van der Waals surface area contributed by atoms with Gasteiger partial charge < -0.3 is 29.9 Å². The fourth-order valence-electron chi connectivity index (χ4n) is 4.03. The first-order valence-electron chi connectivity index (χ1n) is 12.4. The lowest BCUT2D eigenvalue weighted by molar-refractivity contribution is -0.181. The average molecular weight is 433 g/mol. The van der Waals surface area contributed by atoms with Gasteiger partial charge in [0.15, 0.2) is 6.29 Å². The molecule has 30 heavy (non-hydrogen) atoms. The van der Waals surface area contributed by atoms with Crippen LogP contribution in [0.3, 0.4) is 0 Å². The molecular weight excluding hydrogens is 384 g/mol. The van der Waals surface area contributed by atoms with Gasteiger partial charge in [-0.3, -0.25) is 0 Å². The van der Waals surface area contributed by atoms with Crippen LogP contribution in [0.4, 0.5) is 0 Å². The predicted molar refractivity (Wildman–Crippen MR) is 119 cm³/mol. The third kappa shape index (κ3) is 12.0. The molecule has 0 aromatic heterocycles. The second-order valence-electron chi connectivity index (χ2n) is 9.35. The Bertz CT molecular complexity index is 392. The van der Waals surface area contributed by atoms with Crippen LogP contribution in [0.1, 0.15) is 104 Å². The molecule has 0 spiro atoms. The molecule has 0 radical (unpaired) electrons. The molecule has 1 rings (SSSR count). The van der Waals surface area contributed by atoms with Gasteiger partial charge in [0, 0.05) is 6.61 Å². The molecule has 0 aliphatic carbocycles. The van der Waals surface area contributed by atoms with E-state index in [-0.39, 0.29) is 0 Å². The molecule has 5 atom stereocenters. The molecule has 1 saturated heterocycles. The number of hydrogen-bond acceptors (Lipinski definition) is 6. The van der Waals surface area contributed by atoms with Crippen molar-refractivity contribution < 1.29 is 29.9 Å². The second-order valence-corrected chi connectivity index (χ2v) is 9.35. The standard InChI is InChI=1S/C24H48O6/c1-19(2)16-14-12-10-8-6-4-3-5-7-9-11-13-15-17-29-24-22(28)21(27)23(30-24)20(26)18-25/h19-28H,3-18H2,1-2H3/t20-,21-,22+,23-,24?/m1/s1. The zero-order chi connectivity index (χ0) is 22.2. The minimum Gasteiger partial charge on any atom is -0.394 e. The maximum Gasteiger partial charge on any atom is 0.186 e. The summed E-state index contributed by atoms with van der Waals surface area (Å²) >= 11 is 0. The summed E-state index contributed by atoms with van der Waals surface area (Å²) in [6, 6.07) is 0. The molecule has 0 bridgehead atoms. The fourth-order valence-corrected chi connectivity index (χ4v) is 4.03. The lowest BCUT2D eigenvalue weighted by atomic mass is 10.0. The van der Waals surface area contributed by atoms with E-state index in [1.54, 1.807) is 0 Å². The highest BCUT2D eigenvalue weighted by Crippen LogP contribution is 2.25. The van der Waals surface area contributed by atoms with Crippen molar-refractivity contribution in [2.24, 2.45) is 5.92 Å². The minimum absolute atomic E-state index is 0.452. The summed E-state index contributed by atoms with van der Waals surface area (Å²) in [6.45, 7) is 4.53. The van der Waals surface area contributed by atoms with Gasteiger partial charge in [-0.25, -0.2) is 0 Å². The Morgan fingerprint density at radius 2 is 1.20 bits per heavy atom. The van der Waals surface area contributed by atoms with E-state index in [0.29, 0.717) is 6.61 Å². The van der Waals surface area contributed by atoms with Crippen LogP contribution < -0.4 is 0 Å². The SMILES string of the molecule is CC(C)CCCCCCCCCCCCCCCOC1O[C@H]([C@H](O)CO)[C@H](O)[C@@H]1O. The lowest BCUT2D eigenvalue weighted by Crippen LogP contribution is -2.40. The molecule has 1 unspecified atom stereocenters. The van der Waals surface area contributed by atoms with Crippen molar-refractivity contribution in [1.82, 2.24) is 0 Å². The Morgan fingerprint density at radius 1 is 0.733 bits per heavy atom. The van der Waals surface area contributed by atoms with E-state index in [9.17, 15) is 15.3 Å². The molecule has 0 aromatic rings. The highest BCUT2D eigenvalue weighted by atomic mass is 16.7. The third-order valence-corrected chi connectivity index (χ3v) is 6.03. The molecule has 1 aliphatic rings. The molecule has 0 amide bonds. The Labute approximate surface area is 184 Å². The second kappa shape index (κ2) is 17.3. The van der Waals surface area contributed by atoms with Crippen LogP contribution in [0, 0.1) is 5.92 Å². The molecule has 1 fully saturated rings. The van der Waals surface area contributed by atoms with Gasteiger partial charge in [-0.2, -0.15) is 0 Å². The minimum atomic E-state index is -1.25. The van der Waals surface area contributed by atoms with Crippen molar-refractivity contribution in [3.05, 3.63) is 0 Å². The smallest absolute Gasteiger partial charge is 0.186 e. The molecule has 180 valence electrons. The van der Waals surface area contributed by atoms with E-state index >= 15 is 0 Å². The van der Waals surface area contributed by atoms with Crippen molar-refractivity contribution in [3.8, 4) is 0 Å². The Kier molecular flexibility index (Phi) is 16.1. The highest BCUT2D eigenvalue weighted by molar-refractivity contribution is 4.90. The molecule has 6 nitrogen and oxygen atoms in total. The summed E-state index contributed by atoms with van der Waals surface area (Å²) in [5, 5.41) is 38.3. The number of ether oxygens (including phenoxy) is 2. The van der Waals surface area contributed by atoms with Gasteiger partial charge in [-0.1, -0.05) is 97.3 Å². The summed E-state index contributed by atoms with van der Waals surface area (Å²) in [5.41, 5.74) is 0. The van der Waals surface area contributed by atoms with Crippen LogP contribution in [0.5, 0.6) is 0 Å². The number of aliphatic hydroxyl groups is 4. The van der Waals surface area contributed by atoms with Gasteiger partial charge in [0.2, 0.25) is 0 Å². The third-order valence-electron chi connectivity index (χ3n) is 6.03. The van der Waals surface area contributed by atoms with Crippen LogP contribution in [-0.2, 0) is 9.47 Å². The molecule has 0 saturated carbocycles. The predicted octanol–water partition coefficient (Wildman–Crippen LogP) is 3.92. The molecule has 6 heteroatoms. The zero-order valence-electron chi connectivity index (χ0n) is 19.4. The van der Waals surface area contributed by atoms with Gasteiger partial charge in [0.1, 0.15) is 24.4 Å². The van der Waals surface area contributed by atoms with Crippen LogP contribution in [0.2, 0.25) is 0 Å². The maximum absolute atomic E-state index is 9.91. The van der Waals surface area contributed by atoms with Gasteiger partial charge in [-0.05, 0) is 12.3 Å². The molecular formula is C24H48O6. The van der Waals surface area contributed by atoms with Crippen molar-refractivity contribution in [2.75, 3.05) is 13.2 Å². The summed E-state index contributed by atoms with van der Waals surface area (Å²) in [5.74, 6) is 0.848. The number of unbranched alkanes of at least 4 members (excludes halogenated alkanes) is 12. The molecule has 4 N–H and O–H groups in total. The number of rotatable bonds is 19. The van der Waals surface area contributed by atoms with Crippen molar-refractivity contribution in [2.45, 2.75) is 134 Å². The Morgan fingerprint density at radius 3 is 1.67 bits per heavy atom. The maximum atomic E-state index is 9.91. The van der Waals surface area contributed by atoms with Gasteiger partial charge in [0.05, 0.1) is 6.61 Å². The largest absolute Gasteiger partial charge is 0.394 e. The van der Waals surface area contributed by atoms with Crippen LogP contribution in [0.15, 0.2) is 0 Å². The lowest BCUT2D eigenvalue weighted by Gasteiger charge is -2.18. The van der Waals surface area contributed by atoms with Gasteiger partial charge in [-0.15, -0.1) is 0 Å². The molecule has 0 aromatic carbocycles. The molecule has 1 heterocycles. The summed E-state index contributed by atoms with van der Waals surface area (Å²) in [4.78, 5) is 0. The van der Waals surface area contributed by atoms with E-state index in [1.165, 1.54) is 77.0 Å². The number of hydrogen-bond donors (Lipinski definition) is 4. The van der Waals surface area contributed by atoms with Gasteiger partial charge in [0.25, 0.3) is 0 Å². The first kappa shape index (κ1) is 27.8. The zero-order valence-corrected chi connectivity index (χ0v) is 19.4. The quantitative estimate of drug-likeness (QED) is 0.231. The van der Waals surface area contributed by atoms with E-state index in [4.69, 9.17) is 14.6 Å². The van der Waals surface area contributed by atoms with Crippen LogP contribution >= 0.6 is 0 Å². The fraction of sp³-hybridized carbons (Fsp3) is 1.00. The van der Waals surface area contributed by atoms with Crippen LogP contribution in [0.25, 0.3) is 0 Å². The first-order valence-corrected chi connectivity index (χ1v) is 12.4. The van der Waals surface area contributed by atoms with E-state index in [1.807, 2.05) is 0 Å². The Balaban J connectivity index is 1.85. The monoisotopic (exact) mass is 432 g/mol. The highest BCUT2D eigenvalue weighted by Gasteiger charge is 2.46. The summed E-state index contributed by atoms with van der Waals surface area (Å²) in [6.07, 6.45) is 12.5. The summed E-state index contributed by atoms with van der Waals surface area (Å²) < 4.78 is 10.8. The van der Waals surface area contributed by atoms with E-state index in [0.717, 1.165) is 18.8 Å². The molecule has 1 aliphatic heterocycles. The topological polar surface area (TPSA) is 99.4 Å². The average Bonchev–Trinajstić information content (AvgIpc) is 3.01. The van der Waals surface area contributed by atoms with Crippen molar-refractivity contribution >= 4 is 0 Å². The van der Waals surface area contributed by atoms with E-state index in [2.05, 4.69) is 13.8 Å². The normalized spacial score (nSPS) is 25.3. The summed E-state index contributed by atoms with van der Waals surface area (Å²) in [7, 11) is 0.